The van der Waals surface area contributed by atoms with E-state index in [4.69, 9.17) is 15.2 Å². The monoisotopic (exact) mass is 343 g/mol. The molecule has 7 nitrogen and oxygen atoms in total. The van der Waals surface area contributed by atoms with Crippen molar-refractivity contribution < 1.29 is 17.9 Å². The van der Waals surface area contributed by atoms with Crippen LogP contribution in [0.15, 0.2) is 28.5 Å². The van der Waals surface area contributed by atoms with Gasteiger partial charge in [-0.05, 0) is 12.1 Å². The molecule has 0 saturated carbocycles. The van der Waals surface area contributed by atoms with E-state index < -0.39 is 10.0 Å². The van der Waals surface area contributed by atoms with Crippen molar-refractivity contribution in [3.05, 3.63) is 29.3 Å². The molecule has 0 amide bonds. The Morgan fingerprint density at radius 2 is 2.09 bits per heavy atom. The summed E-state index contributed by atoms with van der Waals surface area (Å²) in [6.45, 7) is 0.214. The van der Waals surface area contributed by atoms with Gasteiger partial charge in [-0.25, -0.2) is 18.1 Å². The van der Waals surface area contributed by atoms with Crippen LogP contribution in [0.3, 0.4) is 0 Å². The number of anilines is 1. The molecule has 0 radical (unpaired) electrons. The standard InChI is InChI=1S/C13H17N3O4S2/c1-19-10-3-4-11(20-2)12(7-10)22(17,18)15-6-5-9-8-21-13(14)16-9/h3-4,7-8,15H,5-6H2,1-2H3,(H2,14,16). The Kier molecular flexibility index (Phi) is 5.22. The van der Waals surface area contributed by atoms with Gasteiger partial charge in [-0.3, -0.25) is 0 Å². The van der Waals surface area contributed by atoms with Gasteiger partial charge < -0.3 is 15.2 Å². The van der Waals surface area contributed by atoms with Crippen molar-refractivity contribution >= 4 is 26.5 Å². The van der Waals surface area contributed by atoms with Crippen molar-refractivity contribution in [3.63, 3.8) is 0 Å². The average molecular weight is 343 g/mol. The average Bonchev–Trinajstić information content (AvgIpc) is 2.91. The number of nitrogens with zero attached hydrogens (tertiary/aromatic N) is 1. The van der Waals surface area contributed by atoms with Gasteiger partial charge in [-0.1, -0.05) is 0 Å². The van der Waals surface area contributed by atoms with Crippen LogP contribution in [0.1, 0.15) is 5.69 Å². The third-order valence-corrected chi connectivity index (χ3v) is 5.11. The van der Waals surface area contributed by atoms with Crippen LogP contribution in [-0.2, 0) is 16.4 Å². The number of nitrogen functional groups attached to an aromatic ring is 1. The van der Waals surface area contributed by atoms with Crippen molar-refractivity contribution in [1.82, 2.24) is 9.71 Å². The smallest absolute Gasteiger partial charge is 0.244 e. The Morgan fingerprint density at radius 3 is 2.68 bits per heavy atom. The lowest BCUT2D eigenvalue weighted by Crippen LogP contribution is -2.26. The predicted octanol–water partition coefficient (Wildman–Crippen LogP) is 1.26. The minimum absolute atomic E-state index is 0.0344. The Balaban J connectivity index is 2.12. The highest BCUT2D eigenvalue weighted by Crippen LogP contribution is 2.27. The fourth-order valence-corrected chi connectivity index (χ4v) is 3.63. The second-order valence-corrected chi connectivity index (χ2v) is 6.97. The van der Waals surface area contributed by atoms with Crippen molar-refractivity contribution in [2.24, 2.45) is 0 Å². The molecular weight excluding hydrogens is 326 g/mol. The van der Waals surface area contributed by atoms with Gasteiger partial charge in [0.15, 0.2) is 5.13 Å². The van der Waals surface area contributed by atoms with Gasteiger partial charge in [0.1, 0.15) is 16.4 Å². The minimum Gasteiger partial charge on any atom is -0.497 e. The van der Waals surface area contributed by atoms with Crippen LogP contribution in [0.2, 0.25) is 0 Å². The molecule has 0 atom stereocenters. The maximum atomic E-state index is 12.4. The van der Waals surface area contributed by atoms with Gasteiger partial charge >= 0.3 is 0 Å². The van der Waals surface area contributed by atoms with Crippen molar-refractivity contribution in [2.45, 2.75) is 11.3 Å². The topological polar surface area (TPSA) is 104 Å². The maximum absolute atomic E-state index is 12.4. The summed E-state index contributed by atoms with van der Waals surface area (Å²) in [4.78, 5) is 4.12. The summed E-state index contributed by atoms with van der Waals surface area (Å²) < 4.78 is 37.4. The van der Waals surface area contributed by atoms with E-state index in [1.54, 1.807) is 17.5 Å². The number of sulfonamides is 1. The number of rotatable bonds is 7. The first-order chi connectivity index (χ1) is 10.5. The minimum atomic E-state index is -3.71. The van der Waals surface area contributed by atoms with E-state index in [9.17, 15) is 8.42 Å². The van der Waals surface area contributed by atoms with Crippen LogP contribution in [0.4, 0.5) is 5.13 Å². The SMILES string of the molecule is COc1ccc(OC)c(S(=O)(=O)NCCc2csc(N)n2)c1. The number of thiazole rings is 1. The predicted molar refractivity (Wildman–Crippen MR) is 85.0 cm³/mol. The molecule has 2 aromatic rings. The summed E-state index contributed by atoms with van der Waals surface area (Å²) in [6, 6.07) is 4.60. The number of nitrogens with one attached hydrogen (secondary N) is 1. The van der Waals surface area contributed by atoms with Gasteiger partial charge in [0.05, 0.1) is 19.9 Å². The summed E-state index contributed by atoms with van der Waals surface area (Å²) in [5.41, 5.74) is 6.29. The normalized spacial score (nSPS) is 11.4. The first-order valence-corrected chi connectivity index (χ1v) is 8.74. The molecule has 2 rings (SSSR count). The van der Waals surface area contributed by atoms with Gasteiger partial charge in [0.2, 0.25) is 10.0 Å². The Labute approximate surface area is 133 Å². The van der Waals surface area contributed by atoms with Crippen LogP contribution in [0, 0.1) is 0 Å². The third kappa shape index (κ3) is 3.87. The zero-order chi connectivity index (χ0) is 16.2. The highest BCUT2D eigenvalue weighted by molar-refractivity contribution is 7.89. The molecule has 22 heavy (non-hydrogen) atoms. The van der Waals surface area contributed by atoms with Crippen LogP contribution < -0.4 is 19.9 Å². The molecule has 0 unspecified atom stereocenters. The Bertz CT molecular complexity index is 743. The molecule has 0 fully saturated rings. The lowest BCUT2D eigenvalue weighted by atomic mass is 10.3. The fourth-order valence-electron chi connectivity index (χ4n) is 1.82. The molecule has 1 heterocycles. The lowest BCUT2D eigenvalue weighted by Gasteiger charge is -2.11. The first-order valence-electron chi connectivity index (χ1n) is 6.38. The van der Waals surface area contributed by atoms with Crippen molar-refractivity contribution in [1.29, 1.82) is 0 Å². The van der Waals surface area contributed by atoms with Gasteiger partial charge in [0, 0.05) is 24.4 Å². The highest BCUT2D eigenvalue weighted by Gasteiger charge is 2.20. The number of hydrogen-bond donors (Lipinski definition) is 2. The molecular formula is C13H17N3O4S2. The van der Waals surface area contributed by atoms with E-state index in [0.717, 1.165) is 5.69 Å². The molecule has 1 aromatic heterocycles. The summed E-state index contributed by atoms with van der Waals surface area (Å²) in [7, 11) is -0.824. The number of methoxy groups -OCH3 is 2. The number of nitrogens with two attached hydrogens (primary N) is 1. The first kappa shape index (κ1) is 16.5. The molecule has 0 aliphatic carbocycles. The zero-order valence-electron chi connectivity index (χ0n) is 12.2. The second kappa shape index (κ2) is 6.95. The van der Waals surface area contributed by atoms with Gasteiger partial charge in [-0.15, -0.1) is 11.3 Å². The fraction of sp³-hybridized carbons (Fsp3) is 0.308. The molecule has 120 valence electrons. The Hall–Kier alpha value is -1.84. The zero-order valence-corrected chi connectivity index (χ0v) is 13.8. The van der Waals surface area contributed by atoms with Crippen molar-refractivity contribution in [2.75, 3.05) is 26.5 Å². The van der Waals surface area contributed by atoms with E-state index in [2.05, 4.69) is 9.71 Å². The molecule has 0 aliphatic heterocycles. The Morgan fingerprint density at radius 1 is 1.32 bits per heavy atom. The summed E-state index contributed by atoms with van der Waals surface area (Å²) in [5, 5.41) is 2.27. The van der Waals surface area contributed by atoms with Gasteiger partial charge in [-0.2, -0.15) is 0 Å². The lowest BCUT2D eigenvalue weighted by molar-refractivity contribution is 0.392. The van der Waals surface area contributed by atoms with Crippen LogP contribution >= 0.6 is 11.3 Å². The number of benzene rings is 1. The molecule has 0 spiro atoms. The van der Waals surface area contributed by atoms with E-state index in [0.29, 0.717) is 17.3 Å². The summed E-state index contributed by atoms with van der Waals surface area (Å²) >= 11 is 1.32. The molecule has 3 N–H and O–H groups in total. The van der Waals surface area contributed by atoms with Crippen LogP contribution in [-0.4, -0.2) is 34.2 Å². The molecule has 9 heteroatoms. The van der Waals surface area contributed by atoms with E-state index in [-0.39, 0.29) is 17.2 Å². The molecule has 0 saturated heterocycles. The largest absolute Gasteiger partial charge is 0.497 e. The van der Waals surface area contributed by atoms with Crippen molar-refractivity contribution in [3.8, 4) is 11.5 Å². The third-order valence-electron chi connectivity index (χ3n) is 2.90. The second-order valence-electron chi connectivity index (χ2n) is 4.34. The summed E-state index contributed by atoms with van der Waals surface area (Å²) in [6.07, 6.45) is 0.458. The van der Waals surface area contributed by atoms with Gasteiger partial charge in [0.25, 0.3) is 0 Å². The number of aromatic nitrogens is 1. The molecule has 1 aromatic carbocycles. The van der Waals surface area contributed by atoms with Crippen LogP contribution in [0.5, 0.6) is 11.5 Å². The van der Waals surface area contributed by atoms with E-state index >= 15 is 0 Å². The number of hydrogen-bond acceptors (Lipinski definition) is 7. The van der Waals surface area contributed by atoms with Crippen LogP contribution in [0.25, 0.3) is 0 Å². The van der Waals surface area contributed by atoms with E-state index in [1.165, 1.54) is 31.6 Å². The summed E-state index contributed by atoms with van der Waals surface area (Å²) in [5.74, 6) is 0.694. The highest BCUT2D eigenvalue weighted by atomic mass is 32.2. The molecule has 0 bridgehead atoms. The maximum Gasteiger partial charge on any atom is 0.244 e. The number of ether oxygens (including phenoxy) is 2. The van der Waals surface area contributed by atoms with E-state index in [1.807, 2.05) is 0 Å². The quantitative estimate of drug-likeness (QED) is 0.784. The molecule has 0 aliphatic rings.